The molecule has 4 nitrogen and oxygen atoms in total. The lowest BCUT2D eigenvalue weighted by Gasteiger charge is -2.06. The van der Waals surface area contributed by atoms with E-state index < -0.39 is 6.29 Å². The molecule has 0 aromatic carbocycles. The molecule has 0 saturated heterocycles. The van der Waals surface area contributed by atoms with Gasteiger partial charge >= 0.3 is 5.97 Å². The highest BCUT2D eigenvalue weighted by Crippen LogP contribution is 2.15. The Hall–Kier alpha value is -0.610. The highest BCUT2D eigenvalue weighted by atomic mass is 16.5. The molecule has 0 rings (SSSR count). The molecule has 43 heavy (non-hydrogen) atoms. The first-order valence-electron chi connectivity index (χ1n) is 19.6. The highest BCUT2D eigenvalue weighted by molar-refractivity contribution is 5.69. The fourth-order valence-corrected chi connectivity index (χ4v) is 5.55. The summed E-state index contributed by atoms with van der Waals surface area (Å²) in [5.41, 5.74) is 0. The molecule has 0 bridgehead atoms. The summed E-state index contributed by atoms with van der Waals surface area (Å²) in [7, 11) is 0. The Morgan fingerprint density at radius 1 is 0.419 bits per heavy atom. The second-order valence-electron chi connectivity index (χ2n) is 13.1. The van der Waals surface area contributed by atoms with E-state index in [0.29, 0.717) is 19.4 Å². The maximum absolute atomic E-state index is 11.9. The van der Waals surface area contributed by atoms with E-state index in [9.17, 15) is 4.79 Å². The van der Waals surface area contributed by atoms with Crippen LogP contribution >= 0.6 is 0 Å². The summed E-state index contributed by atoms with van der Waals surface area (Å²) in [5.74, 6) is 0.0284. The molecule has 0 spiro atoms. The minimum absolute atomic E-state index is 0.0284. The van der Waals surface area contributed by atoms with Crippen molar-refractivity contribution in [1.29, 1.82) is 0 Å². The van der Waals surface area contributed by atoms with E-state index in [-0.39, 0.29) is 5.97 Å². The molecule has 0 aromatic heterocycles. The average Bonchev–Trinajstić information content (AvgIpc) is 3.00. The molecule has 0 amide bonds. The van der Waals surface area contributed by atoms with E-state index in [1.54, 1.807) is 6.92 Å². The van der Waals surface area contributed by atoms with Gasteiger partial charge in [-0.25, -0.2) is 0 Å². The lowest BCUT2D eigenvalue weighted by atomic mass is 10.0. The first kappa shape index (κ1) is 44.5. The number of aliphatic hydroxyl groups is 2. The van der Waals surface area contributed by atoms with Crippen molar-refractivity contribution in [2.24, 2.45) is 0 Å². The molecule has 0 aliphatic heterocycles. The van der Waals surface area contributed by atoms with E-state index in [2.05, 4.69) is 13.8 Å². The number of rotatable bonds is 34. The van der Waals surface area contributed by atoms with Crippen molar-refractivity contribution in [3.05, 3.63) is 0 Å². The lowest BCUT2D eigenvalue weighted by molar-refractivity contribution is -0.143. The first-order chi connectivity index (χ1) is 21.1. The summed E-state index contributed by atoms with van der Waals surface area (Å²) < 4.78 is 5.44. The third-order valence-corrected chi connectivity index (χ3v) is 8.61. The molecule has 0 aliphatic carbocycles. The van der Waals surface area contributed by atoms with Crippen LogP contribution in [0.5, 0.6) is 0 Å². The van der Waals surface area contributed by atoms with Crippen molar-refractivity contribution in [2.75, 3.05) is 6.61 Å². The number of hydrogen-bond donors (Lipinski definition) is 2. The Morgan fingerprint density at radius 3 is 0.907 bits per heavy atom. The van der Waals surface area contributed by atoms with Crippen molar-refractivity contribution in [3.8, 4) is 0 Å². The van der Waals surface area contributed by atoms with Crippen LogP contribution in [0.3, 0.4) is 0 Å². The zero-order valence-corrected chi connectivity index (χ0v) is 29.8. The minimum Gasteiger partial charge on any atom is -0.466 e. The largest absolute Gasteiger partial charge is 0.466 e. The van der Waals surface area contributed by atoms with E-state index >= 15 is 0 Å². The van der Waals surface area contributed by atoms with Gasteiger partial charge in [0.15, 0.2) is 6.29 Å². The quantitative estimate of drug-likeness (QED) is 0.0431. The van der Waals surface area contributed by atoms with Gasteiger partial charge in [-0.2, -0.15) is 0 Å². The summed E-state index contributed by atoms with van der Waals surface area (Å²) in [5, 5.41) is 15.8. The van der Waals surface area contributed by atoms with Crippen molar-refractivity contribution in [2.45, 2.75) is 239 Å². The molecule has 0 heterocycles. The first-order valence-corrected chi connectivity index (χ1v) is 19.6. The molecular formula is C39H80O4. The third-order valence-electron chi connectivity index (χ3n) is 8.61. The lowest BCUT2D eigenvalue weighted by Crippen LogP contribution is -2.05. The fourth-order valence-electron chi connectivity index (χ4n) is 5.55. The van der Waals surface area contributed by atoms with E-state index in [1.165, 1.54) is 186 Å². The van der Waals surface area contributed by atoms with Crippen LogP contribution in [0.2, 0.25) is 0 Å². The van der Waals surface area contributed by atoms with Crippen LogP contribution in [0.15, 0.2) is 0 Å². The minimum atomic E-state index is -1.12. The van der Waals surface area contributed by atoms with E-state index in [1.807, 2.05) is 0 Å². The molecule has 0 saturated carbocycles. The van der Waals surface area contributed by atoms with Crippen LogP contribution in [0.4, 0.5) is 0 Å². The number of hydrogen-bond acceptors (Lipinski definition) is 4. The molecule has 4 heteroatoms. The molecular weight excluding hydrogens is 532 g/mol. The summed E-state index contributed by atoms with van der Waals surface area (Å²) >= 11 is 0. The molecule has 0 fully saturated rings. The summed E-state index contributed by atoms with van der Waals surface area (Å²) in [6.45, 7) is 6.91. The van der Waals surface area contributed by atoms with Crippen LogP contribution in [-0.4, -0.2) is 29.1 Å². The predicted octanol–water partition coefficient (Wildman–Crippen LogP) is 12.8. The van der Waals surface area contributed by atoms with Gasteiger partial charge in [-0.3, -0.25) is 4.79 Å². The second-order valence-corrected chi connectivity index (χ2v) is 13.1. The number of aliphatic hydroxyl groups excluding tert-OH is 1. The van der Waals surface area contributed by atoms with Crippen molar-refractivity contribution < 1.29 is 19.7 Å². The zero-order chi connectivity index (χ0) is 31.9. The molecule has 0 unspecified atom stereocenters. The van der Waals surface area contributed by atoms with Crippen molar-refractivity contribution in [1.82, 2.24) is 0 Å². The highest BCUT2D eigenvalue weighted by Gasteiger charge is 2.03. The molecule has 260 valence electrons. The van der Waals surface area contributed by atoms with Gasteiger partial charge < -0.3 is 14.9 Å². The fraction of sp³-hybridized carbons (Fsp3) is 0.974. The van der Waals surface area contributed by atoms with Gasteiger partial charge in [0.2, 0.25) is 0 Å². The molecule has 0 radical (unpaired) electrons. The molecule has 0 atom stereocenters. The van der Waals surface area contributed by atoms with Gasteiger partial charge in [0, 0.05) is 6.42 Å². The van der Waals surface area contributed by atoms with Crippen LogP contribution < -0.4 is 0 Å². The van der Waals surface area contributed by atoms with Crippen LogP contribution in [0.25, 0.3) is 0 Å². The van der Waals surface area contributed by atoms with E-state index in [4.69, 9.17) is 14.9 Å². The van der Waals surface area contributed by atoms with Gasteiger partial charge in [0.1, 0.15) is 0 Å². The Bertz CT molecular complexity index is 494. The number of carbonyl (C=O) groups excluding carboxylic acids is 1. The van der Waals surface area contributed by atoms with Crippen LogP contribution in [0, 0.1) is 0 Å². The maximum Gasteiger partial charge on any atom is 0.305 e. The van der Waals surface area contributed by atoms with Crippen molar-refractivity contribution >= 4 is 5.97 Å². The average molecular weight is 613 g/mol. The Kier molecular flexibility index (Phi) is 42.8. The topological polar surface area (TPSA) is 66.8 Å². The summed E-state index contributed by atoms with van der Waals surface area (Å²) in [6.07, 6.45) is 42.4. The Balaban J connectivity index is 0. The van der Waals surface area contributed by atoms with Gasteiger partial charge in [-0.15, -0.1) is 0 Å². The third kappa shape index (κ3) is 45.9. The SMILES string of the molecule is CCC(O)O.CCCCCCCCCCCCCCCCCCOC(=O)CCCCCCCCCCCCCCCCC. The summed E-state index contributed by atoms with van der Waals surface area (Å²) in [6, 6.07) is 0. The molecule has 0 aromatic rings. The van der Waals surface area contributed by atoms with Gasteiger partial charge in [-0.05, 0) is 19.3 Å². The van der Waals surface area contributed by atoms with Crippen LogP contribution in [0.1, 0.15) is 233 Å². The number of carbonyl (C=O) groups is 1. The molecule has 2 N–H and O–H groups in total. The Morgan fingerprint density at radius 2 is 0.651 bits per heavy atom. The summed E-state index contributed by atoms with van der Waals surface area (Å²) in [4.78, 5) is 11.9. The monoisotopic (exact) mass is 613 g/mol. The Labute approximate surface area is 270 Å². The zero-order valence-electron chi connectivity index (χ0n) is 29.8. The van der Waals surface area contributed by atoms with Gasteiger partial charge in [-0.1, -0.05) is 207 Å². The maximum atomic E-state index is 11.9. The number of esters is 1. The smallest absolute Gasteiger partial charge is 0.305 e. The number of ether oxygens (including phenoxy) is 1. The van der Waals surface area contributed by atoms with Gasteiger partial charge in [0.05, 0.1) is 6.61 Å². The standard InChI is InChI=1S/C36H72O2.C3H8O2/c1-3-5-7-9-11-13-15-17-19-21-23-25-27-29-31-33-35-38-36(37)34-32-30-28-26-24-22-20-18-16-14-12-10-8-6-4-2;1-2-3(4)5/h3-35H2,1-2H3;3-5H,2H2,1H3. The normalized spacial score (nSPS) is 11.1. The van der Waals surface area contributed by atoms with Gasteiger partial charge in [0.25, 0.3) is 0 Å². The van der Waals surface area contributed by atoms with Crippen LogP contribution in [-0.2, 0) is 9.53 Å². The number of unbranched alkanes of at least 4 members (excludes halogenated alkanes) is 29. The molecule has 0 aliphatic rings. The second kappa shape index (κ2) is 41.4. The predicted molar refractivity (Wildman–Crippen MR) is 189 cm³/mol. The van der Waals surface area contributed by atoms with Crippen molar-refractivity contribution in [3.63, 3.8) is 0 Å². The van der Waals surface area contributed by atoms with E-state index in [0.717, 1.165) is 12.8 Å².